The van der Waals surface area contributed by atoms with Crippen molar-refractivity contribution in [3.63, 3.8) is 0 Å². The summed E-state index contributed by atoms with van der Waals surface area (Å²) in [5.74, 6) is 0.192. The lowest BCUT2D eigenvalue weighted by atomic mass is 10.1. The van der Waals surface area contributed by atoms with Gasteiger partial charge in [0.05, 0.1) is 5.69 Å². The van der Waals surface area contributed by atoms with E-state index < -0.39 is 5.91 Å². The Bertz CT molecular complexity index is 810. The largest absolute Gasteiger partial charge is 0.438 e. The smallest absolute Gasteiger partial charge is 0.256 e. The number of benzene rings is 1. The number of halogens is 1. The lowest BCUT2D eigenvalue weighted by Gasteiger charge is -2.26. The van der Waals surface area contributed by atoms with Gasteiger partial charge in [0.2, 0.25) is 5.88 Å². The molecule has 7 heteroatoms. The lowest BCUT2D eigenvalue weighted by molar-refractivity contribution is 0.0997. The number of carbonyl (C=O) groups is 1. The monoisotopic (exact) mass is 391 g/mol. The van der Waals surface area contributed by atoms with E-state index in [1.54, 1.807) is 19.2 Å². The van der Waals surface area contributed by atoms with Crippen LogP contribution in [-0.2, 0) is 4.74 Å². The van der Waals surface area contributed by atoms with Gasteiger partial charge in [-0.1, -0.05) is 18.5 Å². The standard InChI is InChI=1S/C20H26ClN3O3/c1-6-7-24(11-26-5)16-10-14(4)23-20(17(16)19(22)25)27-18-12(2)8-15(21)9-13(18)3/h8-10H,6-7,11H2,1-5H3,(H2,22,25). The van der Waals surface area contributed by atoms with Gasteiger partial charge in [-0.05, 0) is 56.5 Å². The zero-order valence-electron chi connectivity index (χ0n) is 16.4. The number of anilines is 1. The Morgan fingerprint density at radius 1 is 1.22 bits per heavy atom. The van der Waals surface area contributed by atoms with Crippen molar-refractivity contribution in [3.05, 3.63) is 45.6 Å². The van der Waals surface area contributed by atoms with E-state index in [4.69, 9.17) is 26.8 Å². The highest BCUT2D eigenvalue weighted by atomic mass is 35.5. The maximum Gasteiger partial charge on any atom is 0.256 e. The second-order valence-electron chi connectivity index (χ2n) is 6.48. The van der Waals surface area contributed by atoms with Gasteiger partial charge in [-0.3, -0.25) is 4.79 Å². The summed E-state index contributed by atoms with van der Waals surface area (Å²) in [5, 5.41) is 0.625. The fraction of sp³-hybridized carbons (Fsp3) is 0.400. The van der Waals surface area contributed by atoms with Crippen molar-refractivity contribution >= 4 is 23.2 Å². The quantitative estimate of drug-likeness (QED) is 0.676. The summed E-state index contributed by atoms with van der Waals surface area (Å²) >= 11 is 6.10. The number of carbonyl (C=O) groups excluding carboxylic acids is 1. The summed E-state index contributed by atoms with van der Waals surface area (Å²) < 4.78 is 11.4. The third-order valence-electron chi connectivity index (χ3n) is 4.08. The van der Waals surface area contributed by atoms with Crippen LogP contribution in [0.15, 0.2) is 18.2 Å². The third-order valence-corrected chi connectivity index (χ3v) is 4.30. The molecule has 6 nitrogen and oxygen atoms in total. The molecule has 1 amide bonds. The Morgan fingerprint density at radius 3 is 2.37 bits per heavy atom. The van der Waals surface area contributed by atoms with Crippen molar-refractivity contribution in [2.24, 2.45) is 5.73 Å². The molecule has 0 radical (unpaired) electrons. The molecule has 1 aromatic heterocycles. The van der Waals surface area contributed by atoms with Crippen LogP contribution >= 0.6 is 11.6 Å². The van der Waals surface area contributed by atoms with E-state index in [9.17, 15) is 4.79 Å². The maximum atomic E-state index is 12.3. The first-order chi connectivity index (χ1) is 12.8. The minimum absolute atomic E-state index is 0.184. The van der Waals surface area contributed by atoms with E-state index >= 15 is 0 Å². The second-order valence-corrected chi connectivity index (χ2v) is 6.92. The molecule has 0 atom stereocenters. The van der Waals surface area contributed by atoms with E-state index in [-0.39, 0.29) is 11.4 Å². The van der Waals surface area contributed by atoms with Crippen LogP contribution in [0.1, 0.15) is 40.5 Å². The Balaban J connectivity index is 2.61. The summed E-state index contributed by atoms with van der Waals surface area (Å²) in [4.78, 5) is 18.7. The first kappa shape index (κ1) is 21.0. The Kier molecular flexibility index (Phi) is 7.05. The van der Waals surface area contributed by atoms with Gasteiger partial charge >= 0.3 is 0 Å². The molecule has 0 unspecified atom stereocenters. The van der Waals surface area contributed by atoms with E-state index in [0.29, 0.717) is 35.4 Å². The van der Waals surface area contributed by atoms with Gasteiger partial charge in [0.1, 0.15) is 18.0 Å². The number of nitrogens with two attached hydrogens (primary N) is 1. The van der Waals surface area contributed by atoms with Gasteiger partial charge in [-0.15, -0.1) is 0 Å². The van der Waals surface area contributed by atoms with E-state index in [1.807, 2.05) is 31.7 Å². The highest BCUT2D eigenvalue weighted by Gasteiger charge is 2.23. The van der Waals surface area contributed by atoms with Gasteiger partial charge in [0.25, 0.3) is 5.91 Å². The van der Waals surface area contributed by atoms with Crippen LogP contribution in [-0.4, -0.2) is 31.3 Å². The summed E-state index contributed by atoms with van der Waals surface area (Å²) in [5.41, 5.74) is 9.00. The van der Waals surface area contributed by atoms with Crippen LogP contribution < -0.4 is 15.4 Å². The minimum Gasteiger partial charge on any atom is -0.438 e. The number of methoxy groups -OCH3 is 1. The van der Waals surface area contributed by atoms with Crippen molar-refractivity contribution in [2.75, 3.05) is 25.3 Å². The number of rotatable bonds is 8. The van der Waals surface area contributed by atoms with Crippen LogP contribution in [0.5, 0.6) is 11.6 Å². The molecule has 0 saturated carbocycles. The zero-order valence-corrected chi connectivity index (χ0v) is 17.2. The number of aryl methyl sites for hydroxylation is 3. The number of nitrogens with zero attached hydrogens (tertiary/aromatic N) is 2. The van der Waals surface area contributed by atoms with Gasteiger partial charge in [-0.2, -0.15) is 0 Å². The molecule has 0 aliphatic heterocycles. The SMILES string of the molecule is CCCN(COC)c1cc(C)nc(Oc2c(C)cc(Cl)cc2C)c1C(N)=O. The summed E-state index contributed by atoms with van der Waals surface area (Å²) in [6.07, 6.45) is 0.883. The normalized spacial score (nSPS) is 10.7. The number of ether oxygens (including phenoxy) is 2. The average molecular weight is 392 g/mol. The number of aromatic nitrogens is 1. The van der Waals surface area contributed by atoms with Crippen LogP contribution in [0.2, 0.25) is 5.02 Å². The molecule has 2 aromatic rings. The average Bonchev–Trinajstić information content (AvgIpc) is 2.57. The first-order valence-corrected chi connectivity index (χ1v) is 9.16. The van der Waals surface area contributed by atoms with Crippen LogP contribution in [0.3, 0.4) is 0 Å². The maximum absolute atomic E-state index is 12.3. The molecule has 146 valence electrons. The van der Waals surface area contributed by atoms with Crippen molar-refractivity contribution in [1.29, 1.82) is 0 Å². The van der Waals surface area contributed by atoms with Gasteiger partial charge in [0, 0.05) is 24.4 Å². The van der Waals surface area contributed by atoms with Crippen LogP contribution in [0.4, 0.5) is 5.69 Å². The Labute approximate surface area is 165 Å². The molecular formula is C20H26ClN3O3. The number of hydrogen-bond donors (Lipinski definition) is 1. The minimum atomic E-state index is -0.603. The fourth-order valence-electron chi connectivity index (χ4n) is 3.02. The number of hydrogen-bond acceptors (Lipinski definition) is 5. The third kappa shape index (κ3) is 4.90. The molecule has 2 rings (SSSR count). The molecule has 0 spiro atoms. The molecular weight excluding hydrogens is 366 g/mol. The van der Waals surface area contributed by atoms with Crippen molar-refractivity contribution < 1.29 is 14.3 Å². The van der Waals surface area contributed by atoms with E-state index in [2.05, 4.69) is 11.9 Å². The zero-order chi connectivity index (χ0) is 20.1. The summed E-state index contributed by atoms with van der Waals surface area (Å²) in [7, 11) is 1.61. The topological polar surface area (TPSA) is 77.7 Å². The molecule has 0 aliphatic carbocycles. The van der Waals surface area contributed by atoms with Gasteiger partial charge < -0.3 is 20.1 Å². The second kappa shape index (κ2) is 9.06. The fourth-order valence-corrected chi connectivity index (χ4v) is 3.35. The van der Waals surface area contributed by atoms with Crippen molar-refractivity contribution in [2.45, 2.75) is 34.1 Å². The van der Waals surface area contributed by atoms with Crippen molar-refractivity contribution in [1.82, 2.24) is 4.98 Å². The summed E-state index contributed by atoms with van der Waals surface area (Å²) in [6, 6.07) is 5.43. The van der Waals surface area contributed by atoms with Crippen molar-refractivity contribution in [3.8, 4) is 11.6 Å². The predicted molar refractivity (Wildman–Crippen MR) is 108 cm³/mol. The molecule has 0 aliphatic rings. The highest BCUT2D eigenvalue weighted by molar-refractivity contribution is 6.30. The molecule has 1 aromatic carbocycles. The highest BCUT2D eigenvalue weighted by Crippen LogP contribution is 2.35. The number of amides is 1. The van der Waals surface area contributed by atoms with E-state index in [0.717, 1.165) is 17.5 Å². The molecule has 0 saturated heterocycles. The lowest BCUT2D eigenvalue weighted by Crippen LogP contribution is -2.30. The molecule has 1 heterocycles. The van der Waals surface area contributed by atoms with Gasteiger partial charge in [0.15, 0.2) is 0 Å². The van der Waals surface area contributed by atoms with Gasteiger partial charge in [-0.25, -0.2) is 4.98 Å². The first-order valence-electron chi connectivity index (χ1n) is 8.78. The Hall–Kier alpha value is -2.31. The van der Waals surface area contributed by atoms with Crippen LogP contribution in [0.25, 0.3) is 0 Å². The van der Waals surface area contributed by atoms with Crippen LogP contribution in [0, 0.1) is 20.8 Å². The molecule has 27 heavy (non-hydrogen) atoms. The molecule has 2 N–H and O–H groups in total. The molecule has 0 fully saturated rings. The van der Waals surface area contributed by atoms with E-state index in [1.165, 1.54) is 0 Å². The molecule has 0 bridgehead atoms. The number of primary amides is 1. The number of pyridine rings is 1. The summed E-state index contributed by atoms with van der Waals surface area (Å²) in [6.45, 7) is 8.72. The Morgan fingerprint density at radius 2 is 1.85 bits per heavy atom. The predicted octanol–water partition coefficient (Wildman–Crippen LogP) is 4.37.